The molecule has 0 rings (SSSR count). The molecule has 7 heteroatoms. The van der Waals surface area contributed by atoms with E-state index in [0.29, 0.717) is 66.0 Å². The fourth-order valence-corrected chi connectivity index (χ4v) is 6.97. The predicted molar refractivity (Wildman–Crippen MR) is 232 cm³/mol. The van der Waals surface area contributed by atoms with Gasteiger partial charge in [0.2, 0.25) is 0 Å². The topological polar surface area (TPSA) is 81.4 Å². The van der Waals surface area contributed by atoms with Crippen LogP contribution in [-0.2, 0) is 28.4 Å². The standard InChI is InChI=1S/C47H97NO6/c1-3-5-7-9-11-13-15-17-19-21-23-25-27-29-31-33-36-52-45-47(46-53-44-43-51-42-41-50-40-39-49-38-35-48)54-37-34-32-30-28-26-24-22-20-18-16-14-12-10-8-6-4-2/h47H,3-46,48H2,1-2H3/t47-/m1/s1. The number of unbranched alkanes of at least 4 members (excludes halogenated alkanes) is 30. The van der Waals surface area contributed by atoms with Crippen LogP contribution in [0, 0.1) is 0 Å². The average Bonchev–Trinajstić information content (AvgIpc) is 3.18. The van der Waals surface area contributed by atoms with Gasteiger partial charge in [0, 0.05) is 19.8 Å². The minimum absolute atomic E-state index is 0.0146. The maximum Gasteiger partial charge on any atom is 0.104 e. The summed E-state index contributed by atoms with van der Waals surface area (Å²) in [6, 6.07) is 0. The highest BCUT2D eigenvalue weighted by molar-refractivity contribution is 4.58. The third kappa shape index (κ3) is 47.9. The third-order valence-corrected chi connectivity index (χ3v) is 10.5. The van der Waals surface area contributed by atoms with E-state index in [4.69, 9.17) is 34.2 Å². The number of rotatable bonds is 50. The lowest BCUT2D eigenvalue weighted by Crippen LogP contribution is -2.27. The van der Waals surface area contributed by atoms with Gasteiger partial charge in [0.05, 0.1) is 59.5 Å². The van der Waals surface area contributed by atoms with Crippen LogP contribution in [0.2, 0.25) is 0 Å². The van der Waals surface area contributed by atoms with E-state index in [-0.39, 0.29) is 6.10 Å². The molecule has 0 aromatic carbocycles. The maximum atomic E-state index is 6.26. The predicted octanol–water partition coefficient (Wildman–Crippen LogP) is 12.9. The second-order valence-electron chi connectivity index (χ2n) is 15.9. The van der Waals surface area contributed by atoms with E-state index >= 15 is 0 Å². The van der Waals surface area contributed by atoms with Crippen molar-refractivity contribution in [2.24, 2.45) is 5.73 Å². The van der Waals surface area contributed by atoms with Crippen LogP contribution < -0.4 is 5.73 Å². The molecule has 0 aliphatic rings. The van der Waals surface area contributed by atoms with Gasteiger partial charge < -0.3 is 34.2 Å². The van der Waals surface area contributed by atoms with E-state index in [2.05, 4.69) is 13.8 Å². The molecule has 0 fully saturated rings. The van der Waals surface area contributed by atoms with Gasteiger partial charge in [-0.25, -0.2) is 0 Å². The summed E-state index contributed by atoms with van der Waals surface area (Å²) in [6.45, 7) is 11.8. The molecule has 0 bridgehead atoms. The molecule has 2 N–H and O–H groups in total. The van der Waals surface area contributed by atoms with E-state index in [1.165, 1.54) is 193 Å². The van der Waals surface area contributed by atoms with Crippen molar-refractivity contribution in [3.8, 4) is 0 Å². The summed E-state index contributed by atoms with van der Waals surface area (Å²) < 4.78 is 34.8. The number of nitrogens with two attached hydrogens (primary N) is 1. The van der Waals surface area contributed by atoms with E-state index < -0.39 is 0 Å². The highest BCUT2D eigenvalue weighted by Crippen LogP contribution is 2.15. The molecule has 326 valence electrons. The second-order valence-corrected chi connectivity index (χ2v) is 15.9. The highest BCUT2D eigenvalue weighted by atomic mass is 16.6. The molecule has 0 saturated heterocycles. The van der Waals surface area contributed by atoms with Crippen molar-refractivity contribution < 1.29 is 28.4 Å². The zero-order valence-corrected chi connectivity index (χ0v) is 36.7. The summed E-state index contributed by atoms with van der Waals surface area (Å²) in [5, 5.41) is 0. The van der Waals surface area contributed by atoms with Crippen LogP contribution in [0.1, 0.15) is 219 Å². The van der Waals surface area contributed by atoms with Gasteiger partial charge in [0.15, 0.2) is 0 Å². The summed E-state index contributed by atoms with van der Waals surface area (Å²) in [7, 11) is 0. The monoisotopic (exact) mass is 772 g/mol. The summed E-state index contributed by atoms with van der Waals surface area (Å²) >= 11 is 0. The lowest BCUT2D eigenvalue weighted by molar-refractivity contribution is -0.0700. The molecule has 7 nitrogen and oxygen atoms in total. The number of hydrogen-bond donors (Lipinski definition) is 1. The Morgan fingerprint density at radius 3 is 0.870 bits per heavy atom. The molecule has 0 spiro atoms. The fraction of sp³-hybridized carbons (Fsp3) is 1.00. The Hall–Kier alpha value is -0.280. The summed E-state index contributed by atoms with van der Waals surface area (Å²) in [5.74, 6) is 0. The molecule has 0 amide bonds. The average molecular weight is 772 g/mol. The molecule has 0 radical (unpaired) electrons. The van der Waals surface area contributed by atoms with Crippen molar-refractivity contribution in [1.82, 2.24) is 0 Å². The molecule has 0 aromatic rings. The summed E-state index contributed by atoms with van der Waals surface area (Å²) in [4.78, 5) is 0. The van der Waals surface area contributed by atoms with Gasteiger partial charge >= 0.3 is 0 Å². The van der Waals surface area contributed by atoms with E-state index in [0.717, 1.165) is 26.1 Å². The lowest BCUT2D eigenvalue weighted by Gasteiger charge is -2.18. The zero-order valence-electron chi connectivity index (χ0n) is 36.7. The molecule has 0 unspecified atom stereocenters. The van der Waals surface area contributed by atoms with Gasteiger partial charge in [-0.3, -0.25) is 0 Å². The molecule has 1 atom stereocenters. The first-order chi connectivity index (χ1) is 26.8. The van der Waals surface area contributed by atoms with Gasteiger partial charge in [-0.1, -0.05) is 206 Å². The SMILES string of the molecule is CCCCCCCCCCCCCCCCCCOC[C@H](COCCOCCOCCOCCN)OCCCCCCCCCCCCCCCCCC. The Morgan fingerprint density at radius 2 is 0.537 bits per heavy atom. The zero-order chi connectivity index (χ0) is 38.9. The Kier molecular flexibility index (Phi) is 50.5. The molecule has 0 aliphatic heterocycles. The first-order valence-electron chi connectivity index (χ1n) is 24.1. The third-order valence-electron chi connectivity index (χ3n) is 10.5. The Balaban J connectivity index is 3.90. The van der Waals surface area contributed by atoms with E-state index in [1.807, 2.05) is 0 Å². The van der Waals surface area contributed by atoms with Crippen molar-refractivity contribution in [2.45, 2.75) is 225 Å². The van der Waals surface area contributed by atoms with Crippen molar-refractivity contribution >= 4 is 0 Å². The van der Waals surface area contributed by atoms with E-state index in [9.17, 15) is 0 Å². The first-order valence-corrected chi connectivity index (χ1v) is 24.1. The van der Waals surface area contributed by atoms with Crippen LogP contribution in [0.25, 0.3) is 0 Å². The molecule has 0 aliphatic carbocycles. The normalized spacial score (nSPS) is 12.3. The van der Waals surface area contributed by atoms with Gasteiger partial charge in [-0.05, 0) is 12.8 Å². The van der Waals surface area contributed by atoms with Crippen LogP contribution in [0.15, 0.2) is 0 Å². The Labute approximate surface area is 338 Å². The second kappa shape index (κ2) is 50.7. The molecule has 0 aromatic heterocycles. The number of ether oxygens (including phenoxy) is 6. The Bertz CT molecular complexity index is 641. The largest absolute Gasteiger partial charge is 0.379 e. The van der Waals surface area contributed by atoms with E-state index in [1.54, 1.807) is 0 Å². The van der Waals surface area contributed by atoms with Crippen molar-refractivity contribution in [1.29, 1.82) is 0 Å². The van der Waals surface area contributed by atoms with Crippen LogP contribution in [0.4, 0.5) is 0 Å². The Morgan fingerprint density at radius 1 is 0.278 bits per heavy atom. The quantitative estimate of drug-likeness (QED) is 0.0617. The molecular weight excluding hydrogens is 675 g/mol. The van der Waals surface area contributed by atoms with Crippen LogP contribution in [0.5, 0.6) is 0 Å². The van der Waals surface area contributed by atoms with Crippen LogP contribution in [0.3, 0.4) is 0 Å². The smallest absolute Gasteiger partial charge is 0.104 e. The van der Waals surface area contributed by atoms with Crippen molar-refractivity contribution in [3.63, 3.8) is 0 Å². The van der Waals surface area contributed by atoms with Gasteiger partial charge in [-0.15, -0.1) is 0 Å². The molecule has 0 heterocycles. The van der Waals surface area contributed by atoms with Crippen molar-refractivity contribution in [2.75, 3.05) is 79.2 Å². The first kappa shape index (κ1) is 53.7. The minimum Gasteiger partial charge on any atom is -0.379 e. The van der Waals surface area contributed by atoms with Crippen LogP contribution >= 0.6 is 0 Å². The molecule has 0 saturated carbocycles. The van der Waals surface area contributed by atoms with Gasteiger partial charge in [-0.2, -0.15) is 0 Å². The minimum atomic E-state index is -0.0146. The fourth-order valence-electron chi connectivity index (χ4n) is 6.97. The van der Waals surface area contributed by atoms with Crippen molar-refractivity contribution in [3.05, 3.63) is 0 Å². The molecule has 54 heavy (non-hydrogen) atoms. The molecular formula is C47H97NO6. The van der Waals surface area contributed by atoms with Gasteiger partial charge in [0.1, 0.15) is 6.10 Å². The summed E-state index contributed by atoms with van der Waals surface area (Å²) in [6.07, 6.45) is 44.3. The van der Waals surface area contributed by atoms with Gasteiger partial charge in [0.25, 0.3) is 0 Å². The summed E-state index contributed by atoms with van der Waals surface area (Å²) in [5.41, 5.74) is 5.42. The maximum absolute atomic E-state index is 6.26. The highest BCUT2D eigenvalue weighted by Gasteiger charge is 2.10. The van der Waals surface area contributed by atoms with Crippen LogP contribution in [-0.4, -0.2) is 85.3 Å². The number of hydrogen-bond acceptors (Lipinski definition) is 7. The lowest BCUT2D eigenvalue weighted by atomic mass is 10.0.